The summed E-state index contributed by atoms with van der Waals surface area (Å²) in [5.41, 5.74) is 6.63. The Labute approximate surface area is 269 Å². The van der Waals surface area contributed by atoms with Crippen LogP contribution in [0.5, 0.6) is 0 Å². The largest absolute Gasteiger partial charge is 0.300 e. The zero-order valence-corrected chi connectivity index (χ0v) is 29.8. The molecule has 0 fully saturated rings. The van der Waals surface area contributed by atoms with Gasteiger partial charge in [0.1, 0.15) is 11.6 Å². The molecule has 0 heterocycles. The lowest BCUT2D eigenvalue weighted by Crippen LogP contribution is -2.10. The zero-order valence-electron chi connectivity index (χ0n) is 29.8. The minimum atomic E-state index is 0.0255. The third-order valence-electron chi connectivity index (χ3n) is 7.23. The molecule has 0 radical (unpaired) electrons. The lowest BCUT2D eigenvalue weighted by atomic mass is 9.93. The molecule has 244 valence electrons. The van der Waals surface area contributed by atoms with E-state index in [1.165, 1.54) is 5.56 Å². The third kappa shape index (κ3) is 17.9. The molecule has 1 unspecified atom stereocenters. The van der Waals surface area contributed by atoms with Crippen molar-refractivity contribution in [3.63, 3.8) is 0 Å². The van der Waals surface area contributed by atoms with Crippen LogP contribution in [0.4, 0.5) is 0 Å². The van der Waals surface area contributed by atoms with Gasteiger partial charge in [0.2, 0.25) is 0 Å². The van der Waals surface area contributed by atoms with Crippen LogP contribution >= 0.6 is 0 Å². The molecule has 0 saturated heterocycles. The van der Waals surface area contributed by atoms with Crippen LogP contribution < -0.4 is 0 Å². The molecule has 1 atom stereocenters. The highest BCUT2D eigenvalue weighted by Gasteiger charge is 2.15. The van der Waals surface area contributed by atoms with Crippen molar-refractivity contribution in [2.75, 3.05) is 0 Å². The summed E-state index contributed by atoms with van der Waals surface area (Å²) in [5, 5.41) is 0. The van der Waals surface area contributed by atoms with Crippen LogP contribution in [0, 0.1) is 24.7 Å². The molecule has 0 aliphatic rings. The number of unbranched alkanes of at least 4 members (excludes halogenated alkanes) is 1. The highest BCUT2D eigenvalue weighted by molar-refractivity contribution is 5.99. The van der Waals surface area contributed by atoms with Gasteiger partial charge in [-0.15, -0.1) is 0 Å². The summed E-state index contributed by atoms with van der Waals surface area (Å²) in [5.74, 6) is 1.36. The van der Waals surface area contributed by atoms with Gasteiger partial charge in [-0.1, -0.05) is 116 Å². The first-order chi connectivity index (χ1) is 20.8. The maximum absolute atomic E-state index is 12.4. The van der Waals surface area contributed by atoms with E-state index in [4.69, 9.17) is 4.99 Å². The first kappa shape index (κ1) is 40.9. The van der Waals surface area contributed by atoms with Crippen LogP contribution in [0.3, 0.4) is 0 Å². The van der Waals surface area contributed by atoms with E-state index >= 15 is 0 Å². The van der Waals surface area contributed by atoms with Crippen molar-refractivity contribution in [2.45, 2.75) is 128 Å². The number of rotatable bonds is 15. The summed E-state index contributed by atoms with van der Waals surface area (Å²) in [6.07, 6.45) is 9.06. The van der Waals surface area contributed by atoms with Gasteiger partial charge in [-0.05, 0) is 70.4 Å². The number of nitrogens with zero attached hydrogens (tertiary/aromatic N) is 1. The number of aryl methyl sites for hydroxylation is 2. The van der Waals surface area contributed by atoms with E-state index < -0.39 is 0 Å². The number of benzene rings is 2. The van der Waals surface area contributed by atoms with Crippen molar-refractivity contribution in [1.82, 2.24) is 0 Å². The highest BCUT2D eigenvalue weighted by atomic mass is 16.1. The molecule has 0 N–H and O–H groups in total. The molecule has 0 aromatic heterocycles. The predicted octanol–water partition coefficient (Wildman–Crippen LogP) is 11.1. The molecule has 0 bridgehead atoms. The maximum Gasteiger partial charge on any atom is 0.165 e. The van der Waals surface area contributed by atoms with Crippen molar-refractivity contribution in [3.8, 4) is 0 Å². The zero-order chi connectivity index (χ0) is 33.7. The van der Waals surface area contributed by atoms with Gasteiger partial charge in [0.25, 0.3) is 0 Å². The van der Waals surface area contributed by atoms with E-state index in [-0.39, 0.29) is 29.2 Å². The number of ketones is 3. The van der Waals surface area contributed by atoms with Crippen molar-refractivity contribution in [3.05, 3.63) is 76.9 Å². The number of aliphatic imine (C=N–C) groups is 1. The molecule has 2 aromatic rings. The second-order valence-electron chi connectivity index (χ2n) is 12.6. The van der Waals surface area contributed by atoms with Crippen LogP contribution in [0.2, 0.25) is 0 Å². The van der Waals surface area contributed by atoms with Gasteiger partial charge in [0.05, 0.1) is 5.70 Å². The van der Waals surface area contributed by atoms with Crippen molar-refractivity contribution >= 4 is 28.8 Å². The smallest absolute Gasteiger partial charge is 0.165 e. The fourth-order valence-corrected chi connectivity index (χ4v) is 4.47. The molecule has 0 amide bonds. The topological polar surface area (TPSA) is 63.6 Å². The van der Waals surface area contributed by atoms with Crippen LogP contribution in [-0.2, 0) is 16.0 Å². The Balaban J connectivity index is 0.000000795. The Hall–Kier alpha value is -3.14. The van der Waals surface area contributed by atoms with Crippen LogP contribution in [0.25, 0.3) is 5.70 Å². The van der Waals surface area contributed by atoms with Gasteiger partial charge in [-0.25, -0.2) is 0 Å². The minimum Gasteiger partial charge on any atom is -0.300 e. The van der Waals surface area contributed by atoms with Crippen LogP contribution in [-0.4, -0.2) is 23.1 Å². The van der Waals surface area contributed by atoms with Gasteiger partial charge in [0, 0.05) is 41.5 Å². The van der Waals surface area contributed by atoms with Crippen molar-refractivity contribution in [2.24, 2.45) is 22.7 Å². The average molecular weight is 604 g/mol. The molecule has 0 aliphatic carbocycles. The van der Waals surface area contributed by atoms with Gasteiger partial charge in [-0.2, -0.15) is 0 Å². The van der Waals surface area contributed by atoms with E-state index in [9.17, 15) is 14.4 Å². The monoisotopic (exact) mass is 603 g/mol. The van der Waals surface area contributed by atoms with Gasteiger partial charge >= 0.3 is 0 Å². The Morgan fingerprint density at radius 3 is 1.93 bits per heavy atom. The van der Waals surface area contributed by atoms with E-state index in [1.54, 1.807) is 6.92 Å². The summed E-state index contributed by atoms with van der Waals surface area (Å²) in [6.45, 7) is 22.3. The SMILES string of the molecule is CCC/C=C(\N=C(C)CC(C)C)c1ccc(C(=O)C(C)C)c(CC)c1.CCCC(=O)CCC(C)C(C)=O.Cc1ccccc1. The third-order valence-corrected chi connectivity index (χ3v) is 7.23. The summed E-state index contributed by atoms with van der Waals surface area (Å²) in [7, 11) is 0. The molecule has 2 aromatic carbocycles. The van der Waals surface area contributed by atoms with Gasteiger partial charge in [-0.3, -0.25) is 19.4 Å². The molecule has 4 nitrogen and oxygen atoms in total. The average Bonchev–Trinajstić information content (AvgIpc) is 2.98. The molecule has 44 heavy (non-hydrogen) atoms. The molecule has 2 rings (SSSR count). The molecule has 4 heteroatoms. The van der Waals surface area contributed by atoms with E-state index in [0.29, 0.717) is 25.2 Å². The van der Waals surface area contributed by atoms with E-state index in [0.717, 1.165) is 60.2 Å². The second kappa shape index (κ2) is 23.3. The summed E-state index contributed by atoms with van der Waals surface area (Å²) in [6, 6.07) is 16.5. The number of Topliss-reactive ketones (excluding diaryl/α,β-unsaturated/α-hetero) is 3. The molecule has 0 saturated carbocycles. The minimum absolute atomic E-state index is 0.0255. The maximum atomic E-state index is 12.4. The van der Waals surface area contributed by atoms with E-state index in [1.807, 2.05) is 52.0 Å². The van der Waals surface area contributed by atoms with Gasteiger partial charge in [0.15, 0.2) is 5.78 Å². The number of hydrogen-bond acceptors (Lipinski definition) is 4. The van der Waals surface area contributed by atoms with Crippen LogP contribution in [0.1, 0.15) is 141 Å². The number of hydrogen-bond donors (Lipinski definition) is 0. The normalized spacial score (nSPS) is 12.2. The van der Waals surface area contributed by atoms with Crippen molar-refractivity contribution in [1.29, 1.82) is 0 Å². The van der Waals surface area contributed by atoms with E-state index in [2.05, 4.69) is 71.9 Å². The molecule has 0 spiro atoms. The first-order valence-electron chi connectivity index (χ1n) is 16.7. The lowest BCUT2D eigenvalue weighted by molar-refractivity contribution is -0.121. The van der Waals surface area contributed by atoms with Crippen LogP contribution in [0.15, 0.2) is 59.6 Å². The summed E-state index contributed by atoms with van der Waals surface area (Å²) in [4.78, 5) is 39.2. The molecular formula is C40H61NO3. The number of allylic oxidation sites excluding steroid dienone is 1. The molecule has 0 aliphatic heterocycles. The Morgan fingerprint density at radius 2 is 1.48 bits per heavy atom. The number of carbonyl (C=O) groups is 3. The Kier molecular flexibility index (Phi) is 21.6. The fraction of sp³-hybridized carbons (Fsp3) is 0.550. The highest BCUT2D eigenvalue weighted by Crippen LogP contribution is 2.24. The second-order valence-corrected chi connectivity index (χ2v) is 12.6. The quantitative estimate of drug-likeness (QED) is 0.150. The predicted molar refractivity (Wildman–Crippen MR) is 191 cm³/mol. The summed E-state index contributed by atoms with van der Waals surface area (Å²) < 4.78 is 0. The lowest BCUT2D eigenvalue weighted by Gasteiger charge is -2.13. The summed E-state index contributed by atoms with van der Waals surface area (Å²) >= 11 is 0. The fourth-order valence-electron chi connectivity index (χ4n) is 4.47. The van der Waals surface area contributed by atoms with Crippen molar-refractivity contribution < 1.29 is 14.4 Å². The first-order valence-corrected chi connectivity index (χ1v) is 16.7. The molecular weight excluding hydrogens is 542 g/mol. The van der Waals surface area contributed by atoms with Gasteiger partial charge < -0.3 is 0 Å². The Bertz CT molecular complexity index is 1190. The number of carbonyl (C=O) groups excluding carboxylic acids is 3. The Morgan fingerprint density at radius 1 is 0.841 bits per heavy atom. The standard InChI is InChI=1S/C23H35NO.C10H18O2.C7H8/c1-8-10-11-22(24-18(7)14-16(3)4)20-12-13-21(19(9-2)15-20)23(25)17(5)6;1-4-5-10(12)7-6-8(2)9(3)11;1-7-5-3-2-4-6-7/h11-13,15-17H,8-10,14H2,1-7H3;8H,4-7H2,1-3H3;2-6H,1H3/b22-11-,24-18?;;.